The SMILES string of the molecule is c1ccc(-c2ccc(-c3ccc(N(c4ccc(-c5ccccc5)cc4)c4ccc(-c5ccc(C6CC7CCC6C7)cc5)cc4)cc3)cc2)cc1. The number of fused-ring (bicyclic) bond motifs is 2. The summed E-state index contributed by atoms with van der Waals surface area (Å²) in [5, 5.41) is 0. The Morgan fingerprint density at radius 1 is 0.320 bits per heavy atom. The van der Waals surface area contributed by atoms with Crippen molar-refractivity contribution in [3.8, 4) is 44.5 Å². The van der Waals surface area contributed by atoms with Crippen molar-refractivity contribution in [1.82, 2.24) is 0 Å². The Labute approximate surface area is 296 Å². The van der Waals surface area contributed by atoms with Crippen LogP contribution in [0.25, 0.3) is 44.5 Å². The monoisotopic (exact) mass is 643 g/mol. The van der Waals surface area contributed by atoms with E-state index >= 15 is 0 Å². The van der Waals surface area contributed by atoms with Crippen molar-refractivity contribution < 1.29 is 0 Å². The second-order valence-electron chi connectivity index (χ2n) is 14.2. The maximum absolute atomic E-state index is 2.39. The fourth-order valence-electron chi connectivity index (χ4n) is 8.55. The molecule has 3 atom stereocenters. The van der Waals surface area contributed by atoms with Crippen molar-refractivity contribution >= 4 is 17.1 Å². The summed E-state index contributed by atoms with van der Waals surface area (Å²) in [5.74, 6) is 2.65. The Balaban J connectivity index is 1.01. The summed E-state index contributed by atoms with van der Waals surface area (Å²) in [6.45, 7) is 0. The highest BCUT2D eigenvalue weighted by Crippen LogP contribution is 2.53. The van der Waals surface area contributed by atoms with E-state index in [4.69, 9.17) is 0 Å². The number of hydrogen-bond donors (Lipinski definition) is 0. The van der Waals surface area contributed by atoms with Crippen LogP contribution in [0.5, 0.6) is 0 Å². The zero-order valence-electron chi connectivity index (χ0n) is 28.3. The quantitative estimate of drug-likeness (QED) is 0.159. The van der Waals surface area contributed by atoms with E-state index in [2.05, 4.69) is 187 Å². The molecule has 0 saturated heterocycles. The third-order valence-electron chi connectivity index (χ3n) is 11.2. The molecule has 0 spiro atoms. The molecule has 1 nitrogen and oxygen atoms in total. The van der Waals surface area contributed by atoms with E-state index < -0.39 is 0 Å². The number of benzene rings is 7. The molecule has 2 aliphatic carbocycles. The van der Waals surface area contributed by atoms with Crippen LogP contribution in [0.15, 0.2) is 182 Å². The zero-order valence-corrected chi connectivity index (χ0v) is 28.3. The minimum atomic E-state index is 0.770. The number of nitrogens with zero attached hydrogens (tertiary/aromatic N) is 1. The van der Waals surface area contributed by atoms with Gasteiger partial charge in [-0.05, 0) is 123 Å². The van der Waals surface area contributed by atoms with E-state index in [1.165, 1.54) is 70.2 Å². The van der Waals surface area contributed by atoms with Gasteiger partial charge in [0.25, 0.3) is 0 Å². The van der Waals surface area contributed by atoms with Crippen molar-refractivity contribution in [2.45, 2.75) is 31.6 Å². The van der Waals surface area contributed by atoms with Gasteiger partial charge in [-0.25, -0.2) is 0 Å². The third-order valence-corrected chi connectivity index (χ3v) is 11.2. The van der Waals surface area contributed by atoms with Crippen LogP contribution >= 0.6 is 0 Å². The highest BCUT2D eigenvalue weighted by molar-refractivity contribution is 5.81. The smallest absolute Gasteiger partial charge is 0.0462 e. The summed E-state index contributed by atoms with van der Waals surface area (Å²) in [4.78, 5) is 2.36. The molecular weight excluding hydrogens is 603 g/mol. The van der Waals surface area contributed by atoms with Crippen LogP contribution in [0, 0.1) is 11.8 Å². The molecule has 2 fully saturated rings. The molecule has 7 aromatic rings. The zero-order chi connectivity index (χ0) is 33.3. The van der Waals surface area contributed by atoms with Gasteiger partial charge in [0.2, 0.25) is 0 Å². The predicted octanol–water partition coefficient (Wildman–Crippen LogP) is 13.7. The van der Waals surface area contributed by atoms with Gasteiger partial charge in [0, 0.05) is 17.1 Å². The van der Waals surface area contributed by atoms with Gasteiger partial charge < -0.3 is 4.90 Å². The third kappa shape index (κ3) is 6.05. The molecule has 2 saturated carbocycles. The first-order valence-corrected chi connectivity index (χ1v) is 18.2. The van der Waals surface area contributed by atoms with Crippen molar-refractivity contribution in [2.75, 3.05) is 4.90 Å². The van der Waals surface area contributed by atoms with Crippen LogP contribution in [0.2, 0.25) is 0 Å². The molecule has 3 unspecified atom stereocenters. The molecular formula is C49H41N. The molecule has 9 rings (SSSR count). The average molecular weight is 644 g/mol. The summed E-state index contributed by atoms with van der Waals surface area (Å²) in [6.07, 6.45) is 5.72. The van der Waals surface area contributed by atoms with Gasteiger partial charge in [-0.3, -0.25) is 0 Å². The Morgan fingerprint density at radius 2 is 0.660 bits per heavy atom. The number of hydrogen-bond acceptors (Lipinski definition) is 1. The Bertz CT molecular complexity index is 2170. The van der Waals surface area contributed by atoms with E-state index in [0.717, 1.165) is 34.8 Å². The second kappa shape index (κ2) is 13.3. The van der Waals surface area contributed by atoms with Gasteiger partial charge in [-0.15, -0.1) is 0 Å². The lowest BCUT2D eigenvalue weighted by Crippen LogP contribution is -2.09. The van der Waals surface area contributed by atoms with Gasteiger partial charge >= 0.3 is 0 Å². The van der Waals surface area contributed by atoms with Crippen LogP contribution in [-0.2, 0) is 0 Å². The minimum absolute atomic E-state index is 0.770. The lowest BCUT2D eigenvalue weighted by molar-refractivity contribution is 0.420. The second-order valence-corrected chi connectivity index (χ2v) is 14.2. The largest absolute Gasteiger partial charge is 0.311 e. The lowest BCUT2D eigenvalue weighted by atomic mass is 9.83. The Hall–Kier alpha value is -5.66. The van der Waals surface area contributed by atoms with Crippen LogP contribution in [0.1, 0.15) is 37.2 Å². The molecule has 0 radical (unpaired) electrons. The number of anilines is 3. The van der Waals surface area contributed by atoms with E-state index in [-0.39, 0.29) is 0 Å². The molecule has 7 aromatic carbocycles. The minimum Gasteiger partial charge on any atom is -0.311 e. The van der Waals surface area contributed by atoms with Crippen molar-refractivity contribution in [3.63, 3.8) is 0 Å². The Morgan fingerprint density at radius 3 is 1.00 bits per heavy atom. The predicted molar refractivity (Wildman–Crippen MR) is 211 cm³/mol. The van der Waals surface area contributed by atoms with Gasteiger partial charge in [0.05, 0.1) is 0 Å². The van der Waals surface area contributed by atoms with Gasteiger partial charge in [-0.1, -0.05) is 152 Å². The molecule has 2 aliphatic rings. The number of rotatable bonds is 8. The van der Waals surface area contributed by atoms with E-state index in [0.29, 0.717) is 0 Å². The van der Waals surface area contributed by atoms with Crippen molar-refractivity contribution in [1.29, 1.82) is 0 Å². The van der Waals surface area contributed by atoms with Crippen molar-refractivity contribution in [3.05, 3.63) is 188 Å². The molecule has 50 heavy (non-hydrogen) atoms. The molecule has 2 bridgehead atoms. The molecule has 242 valence electrons. The maximum atomic E-state index is 2.39. The van der Waals surface area contributed by atoms with Crippen LogP contribution in [0.4, 0.5) is 17.1 Å². The molecule has 0 aliphatic heterocycles. The van der Waals surface area contributed by atoms with Gasteiger partial charge in [0.15, 0.2) is 0 Å². The van der Waals surface area contributed by atoms with Crippen LogP contribution in [-0.4, -0.2) is 0 Å². The normalized spacial score (nSPS) is 17.9. The maximum Gasteiger partial charge on any atom is 0.0462 e. The topological polar surface area (TPSA) is 3.24 Å². The average Bonchev–Trinajstić information content (AvgIpc) is 3.85. The first kappa shape index (κ1) is 30.4. The summed E-state index contributed by atoms with van der Waals surface area (Å²) in [6, 6.07) is 66.5. The van der Waals surface area contributed by atoms with E-state index in [9.17, 15) is 0 Å². The summed E-state index contributed by atoms with van der Waals surface area (Å²) >= 11 is 0. The van der Waals surface area contributed by atoms with Gasteiger partial charge in [-0.2, -0.15) is 0 Å². The molecule has 1 heteroatoms. The van der Waals surface area contributed by atoms with Gasteiger partial charge in [0.1, 0.15) is 0 Å². The Kier molecular flexibility index (Phi) is 8.11. The van der Waals surface area contributed by atoms with Crippen molar-refractivity contribution in [2.24, 2.45) is 11.8 Å². The van der Waals surface area contributed by atoms with Crippen LogP contribution in [0.3, 0.4) is 0 Å². The first-order valence-electron chi connectivity index (χ1n) is 18.2. The molecule has 0 N–H and O–H groups in total. The molecule has 0 aromatic heterocycles. The van der Waals surface area contributed by atoms with Crippen LogP contribution < -0.4 is 4.90 Å². The fraction of sp³-hybridized carbons (Fsp3) is 0.143. The standard InChI is InChI=1S/C49H41N/c1-3-7-36(8-4-1)38-13-15-39(16-14-38)42-23-29-47(30-24-42)50(46-27-21-41(22-28-46)37-9-5-2-6-10-37)48-31-25-43(26-32-48)40-17-19-44(20-18-40)49-34-35-11-12-45(49)33-35/h1-10,13-32,35,45,49H,11-12,33-34H2. The lowest BCUT2D eigenvalue weighted by Gasteiger charge is -2.26. The highest BCUT2D eigenvalue weighted by atomic mass is 15.1. The fourth-order valence-corrected chi connectivity index (χ4v) is 8.55. The summed E-state index contributed by atoms with van der Waals surface area (Å²) in [5.41, 5.74) is 14.8. The summed E-state index contributed by atoms with van der Waals surface area (Å²) < 4.78 is 0. The summed E-state index contributed by atoms with van der Waals surface area (Å²) in [7, 11) is 0. The van der Waals surface area contributed by atoms with E-state index in [1.54, 1.807) is 5.56 Å². The van der Waals surface area contributed by atoms with E-state index in [1.807, 2.05) is 0 Å². The first-order chi connectivity index (χ1) is 24.7. The molecule has 0 heterocycles. The highest BCUT2D eigenvalue weighted by Gasteiger charge is 2.39. The molecule has 0 amide bonds.